The van der Waals surface area contributed by atoms with E-state index >= 15 is 0 Å². The molecule has 0 N–H and O–H groups in total. The van der Waals surface area contributed by atoms with Crippen LogP contribution in [-0.4, -0.2) is 25.1 Å². The van der Waals surface area contributed by atoms with Crippen molar-refractivity contribution in [1.82, 2.24) is 20.2 Å². The van der Waals surface area contributed by atoms with Crippen molar-refractivity contribution in [1.29, 1.82) is 0 Å². The second kappa shape index (κ2) is 5.37. The molecule has 3 rings (SSSR count). The van der Waals surface area contributed by atoms with Gasteiger partial charge < -0.3 is 0 Å². The summed E-state index contributed by atoms with van der Waals surface area (Å²) in [7, 11) is 0. The maximum Gasteiger partial charge on any atom is 0.269 e. The van der Waals surface area contributed by atoms with Gasteiger partial charge in [0.25, 0.3) is 5.69 Å². The fourth-order valence-corrected chi connectivity index (χ4v) is 2.96. The molecule has 0 bridgehead atoms. The van der Waals surface area contributed by atoms with Crippen LogP contribution in [-0.2, 0) is 5.75 Å². The third-order valence-electron chi connectivity index (χ3n) is 2.95. The number of nitrogens with zero attached hydrogens (tertiary/aromatic N) is 5. The van der Waals surface area contributed by atoms with Crippen LogP contribution in [0.5, 0.6) is 0 Å². The van der Waals surface area contributed by atoms with Crippen LogP contribution in [0.25, 0.3) is 0 Å². The molecule has 1 saturated carbocycles. The van der Waals surface area contributed by atoms with Crippen molar-refractivity contribution in [2.75, 3.05) is 0 Å². The lowest BCUT2D eigenvalue weighted by Gasteiger charge is -2.04. The predicted molar refractivity (Wildman–Crippen MR) is 73.8 cm³/mol. The molecule has 1 aliphatic carbocycles. The molecule has 1 aromatic carbocycles. The Labute approximate surface area is 123 Å². The smallest absolute Gasteiger partial charge is 0.258 e. The first kappa shape index (κ1) is 13.3. The number of non-ortho nitro benzene ring substituents is 1. The number of halogens is 1. The molecule has 0 atom stereocenters. The first-order valence-corrected chi connectivity index (χ1v) is 7.35. The normalized spacial score (nSPS) is 14.4. The van der Waals surface area contributed by atoms with Gasteiger partial charge in [-0.2, -0.15) is 0 Å². The third kappa shape index (κ3) is 2.75. The molecule has 104 valence electrons. The summed E-state index contributed by atoms with van der Waals surface area (Å²) in [4.78, 5) is 10.3. The standard InChI is InChI=1S/C11H10ClN5O2S/c12-10-4-3-9(17(18)19)5-7(10)6-20-11-13-14-15-16(11)8-1-2-8/h3-5,8H,1-2,6H2. The van der Waals surface area contributed by atoms with Crippen LogP contribution in [0.1, 0.15) is 24.4 Å². The van der Waals surface area contributed by atoms with Gasteiger partial charge in [-0.15, -0.1) is 5.10 Å². The van der Waals surface area contributed by atoms with Crippen molar-refractivity contribution < 1.29 is 4.92 Å². The van der Waals surface area contributed by atoms with E-state index in [9.17, 15) is 10.1 Å². The first-order chi connectivity index (χ1) is 9.65. The SMILES string of the molecule is O=[N+]([O-])c1ccc(Cl)c(CSc2nnnn2C2CC2)c1. The summed E-state index contributed by atoms with van der Waals surface area (Å²) in [6.45, 7) is 0. The van der Waals surface area contributed by atoms with Gasteiger partial charge in [-0.25, -0.2) is 4.68 Å². The summed E-state index contributed by atoms with van der Waals surface area (Å²) in [5.74, 6) is 0.494. The Morgan fingerprint density at radius 3 is 3.00 bits per heavy atom. The maximum absolute atomic E-state index is 10.8. The fourth-order valence-electron chi connectivity index (χ4n) is 1.76. The number of nitro benzene ring substituents is 1. The topological polar surface area (TPSA) is 86.7 Å². The number of benzene rings is 1. The van der Waals surface area contributed by atoms with Crippen molar-refractivity contribution in [2.24, 2.45) is 0 Å². The van der Waals surface area contributed by atoms with Gasteiger partial charge in [-0.1, -0.05) is 23.4 Å². The first-order valence-electron chi connectivity index (χ1n) is 5.98. The number of rotatable bonds is 5. The highest BCUT2D eigenvalue weighted by Crippen LogP contribution is 2.37. The van der Waals surface area contributed by atoms with Crippen molar-refractivity contribution in [3.63, 3.8) is 0 Å². The molecule has 20 heavy (non-hydrogen) atoms. The summed E-state index contributed by atoms with van der Waals surface area (Å²) in [6.07, 6.45) is 2.19. The van der Waals surface area contributed by atoms with Crippen LogP contribution in [0.3, 0.4) is 0 Å². The third-order valence-corrected chi connectivity index (χ3v) is 4.30. The van der Waals surface area contributed by atoms with Crippen molar-refractivity contribution in [3.8, 4) is 0 Å². The number of nitro groups is 1. The zero-order valence-corrected chi connectivity index (χ0v) is 11.8. The maximum atomic E-state index is 10.8. The molecule has 2 aromatic rings. The minimum Gasteiger partial charge on any atom is -0.258 e. The van der Waals surface area contributed by atoms with E-state index in [0.29, 0.717) is 22.4 Å². The number of hydrogen-bond donors (Lipinski definition) is 0. The Kier molecular flexibility index (Phi) is 3.58. The molecule has 0 spiro atoms. The van der Waals surface area contributed by atoms with Crippen molar-refractivity contribution >= 4 is 29.1 Å². The van der Waals surface area contributed by atoms with E-state index in [2.05, 4.69) is 15.5 Å². The monoisotopic (exact) mass is 311 g/mol. The van der Waals surface area contributed by atoms with E-state index in [1.165, 1.54) is 23.9 Å². The van der Waals surface area contributed by atoms with Gasteiger partial charge in [0.2, 0.25) is 5.16 Å². The Bertz CT molecular complexity index is 658. The Hall–Kier alpha value is -1.67. The van der Waals surface area contributed by atoms with Crippen molar-refractivity contribution in [2.45, 2.75) is 29.8 Å². The van der Waals surface area contributed by atoms with Gasteiger partial charge in [0.15, 0.2) is 0 Å². The largest absolute Gasteiger partial charge is 0.269 e. The van der Waals surface area contributed by atoms with Gasteiger partial charge in [-0.05, 0) is 34.9 Å². The van der Waals surface area contributed by atoms with Gasteiger partial charge in [-0.3, -0.25) is 10.1 Å². The second-order valence-electron chi connectivity index (χ2n) is 4.46. The zero-order chi connectivity index (χ0) is 14.1. The zero-order valence-electron chi connectivity index (χ0n) is 10.3. The minimum atomic E-state index is -0.432. The molecule has 0 radical (unpaired) electrons. The van der Waals surface area contributed by atoms with E-state index in [1.807, 2.05) is 0 Å². The van der Waals surface area contributed by atoms with Crippen molar-refractivity contribution in [3.05, 3.63) is 38.9 Å². The predicted octanol–water partition coefficient (Wildman–Crippen LogP) is 2.86. The Balaban J connectivity index is 1.75. The lowest BCUT2D eigenvalue weighted by molar-refractivity contribution is -0.384. The van der Waals surface area contributed by atoms with Crippen LogP contribution in [0.4, 0.5) is 5.69 Å². The average Bonchev–Trinajstić information content (AvgIpc) is 3.17. The van der Waals surface area contributed by atoms with Crippen LogP contribution in [0, 0.1) is 10.1 Å². The summed E-state index contributed by atoms with van der Waals surface area (Å²) < 4.78 is 1.80. The highest BCUT2D eigenvalue weighted by Gasteiger charge is 2.28. The van der Waals surface area contributed by atoms with Gasteiger partial charge in [0.1, 0.15) is 0 Å². The Morgan fingerprint density at radius 1 is 1.50 bits per heavy atom. The molecule has 7 nitrogen and oxygen atoms in total. The summed E-state index contributed by atoms with van der Waals surface area (Å²) in [6, 6.07) is 4.82. The van der Waals surface area contributed by atoms with E-state index in [-0.39, 0.29) is 5.69 Å². The van der Waals surface area contributed by atoms with Crippen LogP contribution < -0.4 is 0 Å². The molecule has 9 heteroatoms. The summed E-state index contributed by atoms with van der Waals surface area (Å²) >= 11 is 7.49. The Morgan fingerprint density at radius 2 is 2.30 bits per heavy atom. The highest BCUT2D eigenvalue weighted by molar-refractivity contribution is 7.98. The molecule has 0 aliphatic heterocycles. The quantitative estimate of drug-likeness (QED) is 0.479. The number of thioether (sulfide) groups is 1. The van der Waals surface area contributed by atoms with E-state index in [4.69, 9.17) is 11.6 Å². The molecule has 1 heterocycles. The number of tetrazole rings is 1. The van der Waals surface area contributed by atoms with E-state index < -0.39 is 4.92 Å². The van der Waals surface area contributed by atoms with Gasteiger partial charge in [0, 0.05) is 22.9 Å². The molecule has 0 saturated heterocycles. The summed E-state index contributed by atoms with van der Waals surface area (Å²) in [5, 5.41) is 23.6. The van der Waals surface area contributed by atoms with Gasteiger partial charge in [0.05, 0.1) is 11.0 Å². The molecule has 1 aromatic heterocycles. The van der Waals surface area contributed by atoms with Crippen LogP contribution >= 0.6 is 23.4 Å². The molecular weight excluding hydrogens is 302 g/mol. The molecule has 1 aliphatic rings. The molecular formula is C11H10ClN5O2S. The van der Waals surface area contributed by atoms with Gasteiger partial charge >= 0.3 is 0 Å². The molecule has 0 unspecified atom stereocenters. The second-order valence-corrected chi connectivity index (χ2v) is 5.81. The average molecular weight is 312 g/mol. The van der Waals surface area contributed by atoms with Crippen LogP contribution in [0.15, 0.2) is 23.4 Å². The number of aromatic nitrogens is 4. The fraction of sp³-hybridized carbons (Fsp3) is 0.364. The lowest BCUT2D eigenvalue weighted by Crippen LogP contribution is -1.99. The highest BCUT2D eigenvalue weighted by atomic mass is 35.5. The van der Waals surface area contributed by atoms with E-state index in [0.717, 1.165) is 18.0 Å². The van der Waals surface area contributed by atoms with E-state index in [1.54, 1.807) is 10.7 Å². The number of hydrogen-bond acceptors (Lipinski definition) is 6. The van der Waals surface area contributed by atoms with Crippen LogP contribution in [0.2, 0.25) is 5.02 Å². The minimum absolute atomic E-state index is 0.0341. The lowest BCUT2D eigenvalue weighted by atomic mass is 10.2. The molecule has 0 amide bonds. The molecule has 1 fully saturated rings. The summed E-state index contributed by atoms with van der Waals surface area (Å²) in [5.41, 5.74) is 0.739.